The van der Waals surface area contributed by atoms with Gasteiger partial charge in [0, 0.05) is 40.1 Å². The number of benzene rings is 7. The van der Waals surface area contributed by atoms with E-state index in [4.69, 9.17) is 9.97 Å². The van der Waals surface area contributed by atoms with E-state index in [-0.39, 0.29) is 22.0 Å². The van der Waals surface area contributed by atoms with Crippen molar-refractivity contribution in [3.8, 4) is 56.3 Å². The molecule has 2 heterocycles. The molecule has 9 aromatic rings. The van der Waals surface area contributed by atoms with Crippen LogP contribution in [0.3, 0.4) is 0 Å². The Balaban J connectivity index is 1.40. The number of aryl methyl sites for hydroxylation is 1. The molecule has 0 bridgehead atoms. The van der Waals surface area contributed by atoms with Crippen molar-refractivity contribution >= 4 is 28.1 Å². The van der Waals surface area contributed by atoms with Crippen LogP contribution >= 0.6 is 0 Å². The van der Waals surface area contributed by atoms with Crippen molar-refractivity contribution in [3.63, 3.8) is 0 Å². The molecule has 0 aliphatic heterocycles. The number of nitrogens with zero attached hydrogens (tertiary/aromatic N) is 4. The van der Waals surface area contributed by atoms with Gasteiger partial charge in [-0.25, -0.2) is 4.98 Å². The summed E-state index contributed by atoms with van der Waals surface area (Å²) < 4.78 is 2.28. The maximum absolute atomic E-state index is 11.6. The molecule has 7 aromatic carbocycles. The Labute approximate surface area is 391 Å². The summed E-state index contributed by atoms with van der Waals surface area (Å²) in [4.78, 5) is 13.0. The van der Waals surface area contributed by atoms with Crippen LogP contribution in [0.1, 0.15) is 84.6 Å². The van der Waals surface area contributed by atoms with E-state index in [0.29, 0.717) is 11.4 Å². The topological polar surface area (TPSA) is 54.2 Å². The van der Waals surface area contributed by atoms with Gasteiger partial charge in [0.1, 0.15) is 11.6 Å². The Bertz CT molecular complexity index is 3140. The summed E-state index contributed by atoms with van der Waals surface area (Å²) in [5.74, 6) is 0.861. The second kappa shape index (κ2) is 17.0. The monoisotopic (exact) mass is 864 g/mol. The standard InChI is InChI=1S/C61H60N4O/c1-40-20-19-21-41(30-40)42-28-29-62-54(34-42)44-31-43(32-50(33-44)64(48-22-13-11-14-23-48)49-24-15-12-16-25-49)53-38-47(61(8,9)10)39-55-57(53)63-58(52-26-17-18-27-56(52)66)65(55)51-36-45(59(2,3)4)35-46(37-51)60(5,6)7/h11-39,66H,1-10H3. The van der Waals surface area contributed by atoms with Gasteiger partial charge in [-0.15, -0.1) is 0 Å². The third-order valence-corrected chi connectivity index (χ3v) is 12.6. The number of anilines is 3. The number of fused-ring (bicyclic) bond motifs is 1. The third kappa shape index (κ3) is 8.78. The fourth-order valence-corrected chi connectivity index (χ4v) is 8.78. The van der Waals surface area contributed by atoms with Crippen molar-refractivity contribution in [2.45, 2.75) is 85.5 Å². The maximum Gasteiger partial charge on any atom is 0.149 e. The van der Waals surface area contributed by atoms with Crippen LogP contribution in [-0.4, -0.2) is 19.6 Å². The highest BCUT2D eigenvalue weighted by Crippen LogP contribution is 2.45. The Kier molecular flexibility index (Phi) is 11.3. The second-order valence-corrected chi connectivity index (χ2v) is 20.8. The molecule has 330 valence electrons. The van der Waals surface area contributed by atoms with Gasteiger partial charge in [0.2, 0.25) is 0 Å². The van der Waals surface area contributed by atoms with E-state index in [1.807, 2.05) is 24.4 Å². The fourth-order valence-electron chi connectivity index (χ4n) is 8.78. The zero-order valence-electron chi connectivity index (χ0n) is 40.0. The van der Waals surface area contributed by atoms with Gasteiger partial charge in [-0.3, -0.25) is 9.55 Å². The molecule has 0 fully saturated rings. The van der Waals surface area contributed by atoms with Crippen LogP contribution in [0.4, 0.5) is 17.1 Å². The zero-order valence-corrected chi connectivity index (χ0v) is 40.0. The van der Waals surface area contributed by atoms with Crippen LogP contribution in [-0.2, 0) is 16.2 Å². The summed E-state index contributed by atoms with van der Waals surface area (Å²) >= 11 is 0. The number of aromatic nitrogens is 3. The predicted octanol–water partition coefficient (Wildman–Crippen LogP) is 16.5. The minimum absolute atomic E-state index is 0.117. The molecule has 5 heteroatoms. The number of hydrogen-bond acceptors (Lipinski definition) is 4. The SMILES string of the molecule is Cc1cccc(-c2ccnc(-c3cc(-c4cc(C(C)(C)C)cc5c4nc(-c4ccccc4O)n5-c4cc(C(C)(C)C)cc(C(C)(C)C)c4)cc(N(c4ccccc4)c4ccccc4)c3)c2)c1. The largest absolute Gasteiger partial charge is 0.507 e. The van der Waals surface area contributed by atoms with Gasteiger partial charge >= 0.3 is 0 Å². The summed E-state index contributed by atoms with van der Waals surface area (Å²) in [6.07, 6.45) is 1.92. The van der Waals surface area contributed by atoms with Gasteiger partial charge in [-0.05, 0) is 148 Å². The molecule has 0 saturated carbocycles. The van der Waals surface area contributed by atoms with Crippen LogP contribution in [0.5, 0.6) is 5.75 Å². The Hall–Kier alpha value is -7.24. The van der Waals surface area contributed by atoms with E-state index in [0.717, 1.165) is 67.3 Å². The first-order valence-electron chi connectivity index (χ1n) is 23.0. The van der Waals surface area contributed by atoms with E-state index < -0.39 is 0 Å². The van der Waals surface area contributed by atoms with Crippen molar-refractivity contribution in [1.29, 1.82) is 0 Å². The molecule has 0 aliphatic carbocycles. The maximum atomic E-state index is 11.6. The summed E-state index contributed by atoms with van der Waals surface area (Å²) in [7, 11) is 0. The van der Waals surface area contributed by atoms with Gasteiger partial charge in [0.25, 0.3) is 0 Å². The number of hydrogen-bond donors (Lipinski definition) is 1. The van der Waals surface area contributed by atoms with Crippen LogP contribution in [0.15, 0.2) is 176 Å². The molecule has 0 aliphatic rings. The smallest absolute Gasteiger partial charge is 0.149 e. The van der Waals surface area contributed by atoms with Gasteiger partial charge < -0.3 is 10.0 Å². The van der Waals surface area contributed by atoms with E-state index >= 15 is 0 Å². The number of aromatic hydroxyl groups is 1. The Morgan fingerprint density at radius 3 is 1.65 bits per heavy atom. The lowest BCUT2D eigenvalue weighted by molar-refractivity contribution is 0.477. The van der Waals surface area contributed by atoms with Gasteiger partial charge in [-0.1, -0.05) is 147 Å². The average Bonchev–Trinajstić information content (AvgIpc) is 3.68. The highest BCUT2D eigenvalue weighted by atomic mass is 16.3. The molecule has 9 rings (SSSR count). The average molecular weight is 865 g/mol. The van der Waals surface area contributed by atoms with Crippen LogP contribution in [0.2, 0.25) is 0 Å². The summed E-state index contributed by atoms with van der Waals surface area (Å²) in [5, 5.41) is 11.6. The molecule has 1 N–H and O–H groups in total. The van der Waals surface area contributed by atoms with Crippen LogP contribution in [0.25, 0.3) is 61.6 Å². The number of rotatable bonds is 8. The van der Waals surface area contributed by atoms with Crippen molar-refractivity contribution < 1.29 is 5.11 Å². The minimum atomic E-state index is -0.221. The fraction of sp³-hybridized carbons (Fsp3) is 0.213. The molecule has 0 atom stereocenters. The van der Waals surface area contributed by atoms with Crippen molar-refractivity contribution in [1.82, 2.24) is 14.5 Å². The van der Waals surface area contributed by atoms with E-state index in [1.54, 1.807) is 6.07 Å². The molecule has 0 unspecified atom stereocenters. The molecule has 0 radical (unpaired) electrons. The van der Waals surface area contributed by atoms with Crippen molar-refractivity contribution in [2.24, 2.45) is 0 Å². The first-order valence-corrected chi connectivity index (χ1v) is 23.0. The Morgan fingerprint density at radius 2 is 1.05 bits per heavy atom. The molecule has 66 heavy (non-hydrogen) atoms. The summed E-state index contributed by atoms with van der Waals surface area (Å²) in [6.45, 7) is 22.6. The highest BCUT2D eigenvalue weighted by Gasteiger charge is 2.28. The van der Waals surface area contributed by atoms with Crippen LogP contribution in [0, 0.1) is 6.92 Å². The number of pyridine rings is 1. The quantitative estimate of drug-likeness (QED) is 0.165. The van der Waals surface area contributed by atoms with Crippen LogP contribution < -0.4 is 4.90 Å². The number of para-hydroxylation sites is 3. The van der Waals surface area contributed by atoms with Gasteiger partial charge in [-0.2, -0.15) is 0 Å². The third-order valence-electron chi connectivity index (χ3n) is 12.6. The Morgan fingerprint density at radius 1 is 0.470 bits per heavy atom. The number of phenolic OH excluding ortho intramolecular Hbond substituents is 1. The first kappa shape index (κ1) is 44.0. The minimum Gasteiger partial charge on any atom is -0.507 e. The number of phenols is 1. The lowest BCUT2D eigenvalue weighted by Gasteiger charge is -2.27. The van der Waals surface area contributed by atoms with E-state index in [1.165, 1.54) is 22.3 Å². The summed E-state index contributed by atoms with van der Waals surface area (Å²) in [6, 6.07) is 60.1. The van der Waals surface area contributed by atoms with Crippen molar-refractivity contribution in [2.75, 3.05) is 4.90 Å². The molecule has 2 aromatic heterocycles. The molecule has 5 nitrogen and oxygen atoms in total. The highest BCUT2D eigenvalue weighted by molar-refractivity contribution is 5.99. The molecule has 0 saturated heterocycles. The first-order chi connectivity index (χ1) is 31.4. The molecular weight excluding hydrogens is 805 g/mol. The lowest BCUT2D eigenvalue weighted by Crippen LogP contribution is -2.17. The molecule has 0 amide bonds. The van der Waals surface area contributed by atoms with E-state index in [9.17, 15) is 5.11 Å². The molecular formula is C61H60N4O. The van der Waals surface area contributed by atoms with Gasteiger partial charge in [0.15, 0.2) is 0 Å². The zero-order chi connectivity index (χ0) is 46.5. The predicted molar refractivity (Wildman–Crippen MR) is 278 cm³/mol. The number of imidazole rings is 1. The molecule has 0 spiro atoms. The lowest BCUT2D eigenvalue weighted by atomic mass is 9.80. The van der Waals surface area contributed by atoms with E-state index in [2.05, 4.69) is 224 Å². The normalized spacial score (nSPS) is 12.2. The van der Waals surface area contributed by atoms with Gasteiger partial charge in [0.05, 0.1) is 22.3 Å². The van der Waals surface area contributed by atoms with Crippen molar-refractivity contribution in [3.05, 3.63) is 198 Å². The second-order valence-electron chi connectivity index (χ2n) is 20.8. The summed E-state index contributed by atoms with van der Waals surface area (Å²) in [5.41, 5.74) is 17.1.